The van der Waals surface area contributed by atoms with E-state index < -0.39 is 0 Å². The average molecular weight is 496 g/mol. The van der Waals surface area contributed by atoms with Gasteiger partial charge in [-0.2, -0.15) is 5.26 Å². The number of nitrogens with zero attached hydrogens (tertiary/aromatic N) is 3. The third-order valence-electron chi connectivity index (χ3n) is 4.47. The molecule has 1 fully saturated rings. The maximum atomic E-state index is 8.86. The van der Waals surface area contributed by atoms with Gasteiger partial charge in [0, 0.05) is 43.4 Å². The second-order valence-corrected chi connectivity index (χ2v) is 6.73. The smallest absolute Gasteiger partial charge is 0.191 e. The van der Waals surface area contributed by atoms with Crippen LogP contribution < -0.4 is 15.5 Å². The van der Waals surface area contributed by atoms with Crippen molar-refractivity contribution in [2.24, 2.45) is 4.99 Å². The van der Waals surface area contributed by atoms with Gasteiger partial charge in [-0.05, 0) is 42.3 Å². The van der Waals surface area contributed by atoms with Crippen molar-refractivity contribution in [1.29, 1.82) is 5.26 Å². The number of nitriles is 1. The Morgan fingerprint density at radius 3 is 2.74 bits per heavy atom. The highest BCUT2D eigenvalue weighted by Crippen LogP contribution is 2.23. The molecule has 0 bridgehead atoms. The van der Waals surface area contributed by atoms with Crippen LogP contribution in [0, 0.1) is 11.3 Å². The minimum Gasteiger partial charge on any atom is -0.369 e. The number of nitrogens with one attached hydrogen (secondary N) is 2. The lowest BCUT2D eigenvalue weighted by Crippen LogP contribution is -2.44. The number of guanidine groups is 1. The molecule has 0 saturated carbocycles. The van der Waals surface area contributed by atoms with Crippen LogP contribution in [-0.4, -0.2) is 32.1 Å². The first-order valence-corrected chi connectivity index (χ1v) is 9.02. The van der Waals surface area contributed by atoms with Crippen LogP contribution in [0.2, 0.25) is 5.02 Å². The van der Waals surface area contributed by atoms with Gasteiger partial charge in [-0.3, -0.25) is 4.99 Å². The second kappa shape index (κ2) is 10.4. The molecule has 1 saturated heterocycles. The van der Waals surface area contributed by atoms with Gasteiger partial charge in [0.05, 0.1) is 11.6 Å². The van der Waals surface area contributed by atoms with Crippen molar-refractivity contribution in [1.82, 2.24) is 10.6 Å². The SMILES string of the molecule is CN=C(NCc1ccc(C#N)cc1)NC1CCN(c2cccc(Cl)c2)C1.I. The van der Waals surface area contributed by atoms with E-state index in [2.05, 4.69) is 32.7 Å². The Hall–Kier alpha value is -1.98. The predicted octanol–water partition coefficient (Wildman–Crippen LogP) is 3.77. The zero-order chi connectivity index (χ0) is 18.4. The van der Waals surface area contributed by atoms with Crippen molar-refractivity contribution >= 4 is 47.2 Å². The summed E-state index contributed by atoms with van der Waals surface area (Å²) in [6.07, 6.45) is 1.05. The molecule has 2 aromatic rings. The van der Waals surface area contributed by atoms with E-state index in [1.54, 1.807) is 7.05 Å². The summed E-state index contributed by atoms with van der Waals surface area (Å²) in [4.78, 5) is 6.65. The summed E-state index contributed by atoms with van der Waals surface area (Å²) in [6.45, 7) is 2.57. The fourth-order valence-corrected chi connectivity index (χ4v) is 3.24. The van der Waals surface area contributed by atoms with Gasteiger partial charge < -0.3 is 15.5 Å². The van der Waals surface area contributed by atoms with Crippen LogP contribution in [0.5, 0.6) is 0 Å². The van der Waals surface area contributed by atoms with Crippen molar-refractivity contribution in [3.05, 3.63) is 64.7 Å². The summed E-state index contributed by atoms with van der Waals surface area (Å²) >= 11 is 6.10. The van der Waals surface area contributed by atoms with Crippen molar-refractivity contribution in [2.45, 2.75) is 19.0 Å². The summed E-state index contributed by atoms with van der Waals surface area (Å²) in [5.74, 6) is 0.785. The number of anilines is 1. The summed E-state index contributed by atoms with van der Waals surface area (Å²) in [5, 5.41) is 16.4. The Morgan fingerprint density at radius 1 is 1.30 bits per heavy atom. The van der Waals surface area contributed by atoms with Crippen molar-refractivity contribution in [3.63, 3.8) is 0 Å². The Balaban J connectivity index is 0.00000261. The second-order valence-electron chi connectivity index (χ2n) is 6.29. The molecule has 3 rings (SSSR count). The van der Waals surface area contributed by atoms with E-state index in [0.29, 0.717) is 18.2 Å². The molecular formula is C20H23ClIN5. The topological polar surface area (TPSA) is 63.5 Å². The van der Waals surface area contributed by atoms with Crippen LogP contribution >= 0.6 is 35.6 Å². The highest BCUT2D eigenvalue weighted by molar-refractivity contribution is 14.0. The molecule has 142 valence electrons. The molecule has 27 heavy (non-hydrogen) atoms. The molecule has 0 amide bonds. The first kappa shape index (κ1) is 21.3. The first-order valence-electron chi connectivity index (χ1n) is 8.64. The van der Waals surface area contributed by atoms with E-state index in [0.717, 1.165) is 41.7 Å². The minimum atomic E-state index is 0. The molecule has 5 nitrogen and oxygen atoms in total. The van der Waals surface area contributed by atoms with Crippen LogP contribution in [-0.2, 0) is 6.54 Å². The van der Waals surface area contributed by atoms with Gasteiger partial charge in [0.15, 0.2) is 5.96 Å². The van der Waals surface area contributed by atoms with E-state index >= 15 is 0 Å². The Kier molecular flexibility index (Phi) is 8.20. The van der Waals surface area contributed by atoms with Crippen LogP contribution in [0.3, 0.4) is 0 Å². The largest absolute Gasteiger partial charge is 0.369 e. The molecule has 2 N–H and O–H groups in total. The first-order chi connectivity index (χ1) is 12.7. The molecule has 1 aliphatic heterocycles. The highest BCUT2D eigenvalue weighted by atomic mass is 127. The van der Waals surface area contributed by atoms with Crippen LogP contribution in [0.4, 0.5) is 5.69 Å². The lowest BCUT2D eigenvalue weighted by molar-refractivity contribution is 0.648. The average Bonchev–Trinajstić information content (AvgIpc) is 3.14. The monoisotopic (exact) mass is 495 g/mol. The molecular weight excluding hydrogens is 473 g/mol. The molecule has 7 heteroatoms. The Labute approximate surface area is 182 Å². The van der Waals surface area contributed by atoms with E-state index in [1.807, 2.05) is 42.5 Å². The summed E-state index contributed by atoms with van der Waals surface area (Å²) in [7, 11) is 1.78. The molecule has 0 aromatic heterocycles. The number of hydrogen-bond donors (Lipinski definition) is 2. The number of aliphatic imine (C=N–C) groups is 1. The van der Waals surface area contributed by atoms with E-state index in [1.165, 1.54) is 0 Å². The normalized spacial score (nSPS) is 16.4. The van der Waals surface area contributed by atoms with Crippen molar-refractivity contribution in [2.75, 3.05) is 25.0 Å². The van der Waals surface area contributed by atoms with Crippen LogP contribution in [0.25, 0.3) is 0 Å². The Morgan fingerprint density at radius 2 is 2.07 bits per heavy atom. The van der Waals surface area contributed by atoms with Gasteiger partial charge in [0.25, 0.3) is 0 Å². The molecule has 1 aliphatic rings. The number of rotatable bonds is 4. The number of hydrogen-bond acceptors (Lipinski definition) is 3. The number of halogens is 2. The fraction of sp³-hybridized carbons (Fsp3) is 0.300. The maximum Gasteiger partial charge on any atom is 0.191 e. The van der Waals surface area contributed by atoms with Gasteiger partial charge >= 0.3 is 0 Å². The van der Waals surface area contributed by atoms with Gasteiger partial charge in [-0.15, -0.1) is 24.0 Å². The molecule has 1 heterocycles. The van der Waals surface area contributed by atoms with Gasteiger partial charge in [-0.25, -0.2) is 0 Å². The molecule has 0 spiro atoms. The molecule has 1 unspecified atom stereocenters. The third kappa shape index (κ3) is 6.01. The lowest BCUT2D eigenvalue weighted by Gasteiger charge is -2.20. The highest BCUT2D eigenvalue weighted by Gasteiger charge is 2.23. The van der Waals surface area contributed by atoms with Gasteiger partial charge in [-0.1, -0.05) is 29.8 Å². The summed E-state index contributed by atoms with van der Waals surface area (Å²) in [6, 6.07) is 18.0. The van der Waals surface area contributed by atoms with Crippen molar-refractivity contribution in [3.8, 4) is 6.07 Å². The fourth-order valence-electron chi connectivity index (χ4n) is 3.06. The van der Waals surface area contributed by atoms with Crippen LogP contribution in [0.1, 0.15) is 17.5 Å². The lowest BCUT2D eigenvalue weighted by atomic mass is 10.1. The molecule has 0 radical (unpaired) electrons. The quantitative estimate of drug-likeness (QED) is 0.385. The zero-order valence-corrected chi connectivity index (χ0v) is 18.2. The van der Waals surface area contributed by atoms with E-state index in [-0.39, 0.29) is 24.0 Å². The van der Waals surface area contributed by atoms with E-state index in [9.17, 15) is 0 Å². The standard InChI is InChI=1S/C20H22ClN5.HI/c1-23-20(24-13-16-7-5-15(12-22)6-8-16)25-18-9-10-26(14-18)19-4-2-3-17(21)11-19;/h2-8,11,18H,9-10,13-14H2,1H3,(H2,23,24,25);1H. The molecule has 2 aromatic carbocycles. The third-order valence-corrected chi connectivity index (χ3v) is 4.70. The summed E-state index contributed by atoms with van der Waals surface area (Å²) < 4.78 is 0. The summed E-state index contributed by atoms with van der Waals surface area (Å²) in [5.41, 5.74) is 2.93. The van der Waals surface area contributed by atoms with Gasteiger partial charge in [0.1, 0.15) is 0 Å². The Bertz CT molecular complexity index is 816. The zero-order valence-electron chi connectivity index (χ0n) is 15.2. The predicted molar refractivity (Wildman–Crippen MR) is 122 cm³/mol. The van der Waals surface area contributed by atoms with Crippen LogP contribution in [0.15, 0.2) is 53.5 Å². The molecule has 1 atom stereocenters. The van der Waals surface area contributed by atoms with Gasteiger partial charge in [0.2, 0.25) is 0 Å². The van der Waals surface area contributed by atoms with Crippen molar-refractivity contribution < 1.29 is 0 Å². The molecule has 0 aliphatic carbocycles. The number of benzene rings is 2. The maximum absolute atomic E-state index is 8.86. The minimum absolute atomic E-state index is 0. The van der Waals surface area contributed by atoms with E-state index in [4.69, 9.17) is 16.9 Å².